The minimum Gasteiger partial charge on any atom is -0.468 e. The first-order valence-electron chi connectivity index (χ1n) is 8.62. The predicted molar refractivity (Wildman–Crippen MR) is 91.7 cm³/mol. The van der Waals surface area contributed by atoms with Gasteiger partial charge in [0, 0.05) is 13.1 Å². The van der Waals surface area contributed by atoms with Gasteiger partial charge in [0.05, 0.1) is 16.8 Å². The fraction of sp³-hybridized carbons (Fsp3) is 0.750. The molecule has 0 bridgehead atoms. The first kappa shape index (κ1) is 17.9. The molecule has 0 amide bonds. The summed E-state index contributed by atoms with van der Waals surface area (Å²) in [6.45, 7) is 0.613. The zero-order chi connectivity index (χ0) is 17.2. The summed E-state index contributed by atoms with van der Waals surface area (Å²) in [7, 11) is -6.60. The van der Waals surface area contributed by atoms with Crippen molar-refractivity contribution in [2.24, 2.45) is 0 Å². The molecule has 136 valence electrons. The van der Waals surface area contributed by atoms with E-state index in [-0.39, 0.29) is 11.0 Å². The second kappa shape index (κ2) is 7.17. The second-order valence-electron chi connectivity index (χ2n) is 6.79. The number of rotatable bonds is 5. The van der Waals surface area contributed by atoms with E-state index in [2.05, 4.69) is 0 Å². The van der Waals surface area contributed by atoms with Gasteiger partial charge in [-0.05, 0) is 37.8 Å². The van der Waals surface area contributed by atoms with E-state index in [0.717, 1.165) is 32.1 Å². The average Bonchev–Trinajstić information content (AvgIpc) is 3.08. The normalized spacial score (nSPS) is 22.7. The van der Waals surface area contributed by atoms with Crippen LogP contribution in [0.15, 0.2) is 22.8 Å². The highest BCUT2D eigenvalue weighted by molar-refractivity contribution is 7.91. The molecule has 1 aromatic rings. The van der Waals surface area contributed by atoms with Crippen molar-refractivity contribution in [1.82, 2.24) is 4.31 Å². The van der Waals surface area contributed by atoms with Crippen LogP contribution in [0.5, 0.6) is 0 Å². The molecule has 3 rings (SSSR count). The quantitative estimate of drug-likeness (QED) is 0.788. The number of furan rings is 1. The highest BCUT2D eigenvalue weighted by atomic mass is 32.2. The molecular weight excluding hydrogens is 350 g/mol. The highest BCUT2D eigenvalue weighted by Crippen LogP contribution is 2.29. The molecule has 1 saturated heterocycles. The lowest BCUT2D eigenvalue weighted by atomic mass is 10.0. The minimum atomic E-state index is -3.32. The van der Waals surface area contributed by atoms with Gasteiger partial charge < -0.3 is 4.42 Å². The Hall–Kier alpha value is -0.860. The molecule has 0 unspecified atom stereocenters. The monoisotopic (exact) mass is 375 g/mol. The zero-order valence-electron chi connectivity index (χ0n) is 13.8. The van der Waals surface area contributed by atoms with Gasteiger partial charge in [-0.15, -0.1) is 0 Å². The van der Waals surface area contributed by atoms with E-state index in [0.29, 0.717) is 31.7 Å². The predicted octanol–water partition coefficient (Wildman–Crippen LogP) is 2.32. The number of hydrogen-bond donors (Lipinski definition) is 0. The molecule has 0 radical (unpaired) electrons. The van der Waals surface area contributed by atoms with Gasteiger partial charge in [0.15, 0.2) is 9.84 Å². The third-order valence-electron chi connectivity index (χ3n) is 5.17. The van der Waals surface area contributed by atoms with Gasteiger partial charge in [0.1, 0.15) is 11.5 Å². The van der Waals surface area contributed by atoms with Crippen LogP contribution in [-0.2, 0) is 25.6 Å². The molecule has 24 heavy (non-hydrogen) atoms. The highest BCUT2D eigenvalue weighted by Gasteiger charge is 2.38. The van der Waals surface area contributed by atoms with Gasteiger partial charge in [0.25, 0.3) is 0 Å². The molecule has 1 aliphatic heterocycles. The number of sulfonamides is 1. The lowest BCUT2D eigenvalue weighted by Crippen LogP contribution is -2.46. The van der Waals surface area contributed by atoms with Gasteiger partial charge in [0.2, 0.25) is 10.0 Å². The molecule has 0 spiro atoms. The van der Waals surface area contributed by atoms with E-state index in [4.69, 9.17) is 4.42 Å². The maximum Gasteiger partial charge on any atom is 0.216 e. The summed E-state index contributed by atoms with van der Waals surface area (Å²) in [5.74, 6) is 0.326. The third-order valence-corrected chi connectivity index (χ3v) is 9.74. The summed E-state index contributed by atoms with van der Waals surface area (Å²) in [6, 6.07) is 3.32. The molecular formula is C16H25NO5S2. The lowest BCUT2D eigenvalue weighted by Gasteiger charge is -2.34. The topological polar surface area (TPSA) is 84.7 Å². The maximum atomic E-state index is 12.7. The van der Waals surface area contributed by atoms with Gasteiger partial charge in [-0.25, -0.2) is 21.1 Å². The van der Waals surface area contributed by atoms with Crippen molar-refractivity contribution < 1.29 is 21.3 Å². The van der Waals surface area contributed by atoms with E-state index in [1.807, 2.05) is 0 Å². The third kappa shape index (κ3) is 3.86. The van der Waals surface area contributed by atoms with Crippen LogP contribution in [0.2, 0.25) is 0 Å². The number of nitrogens with zero attached hydrogens (tertiary/aromatic N) is 1. The smallest absolute Gasteiger partial charge is 0.216 e. The Labute approximate surface area is 144 Å². The number of hydrogen-bond acceptors (Lipinski definition) is 5. The van der Waals surface area contributed by atoms with Crippen molar-refractivity contribution in [2.45, 2.75) is 61.2 Å². The minimum absolute atomic E-state index is 0.111. The average molecular weight is 376 g/mol. The Bertz CT molecular complexity index is 725. The molecule has 2 aliphatic rings. The van der Waals surface area contributed by atoms with Crippen molar-refractivity contribution in [3.63, 3.8) is 0 Å². The second-order valence-corrected chi connectivity index (χ2v) is 11.3. The van der Waals surface area contributed by atoms with E-state index in [1.165, 1.54) is 10.6 Å². The SMILES string of the molecule is O=S(=O)(Cc1ccco1)C1CCN(S(=O)(=O)C2CCCCC2)CC1. The molecule has 0 aromatic carbocycles. The van der Waals surface area contributed by atoms with Crippen LogP contribution in [0.1, 0.15) is 50.7 Å². The van der Waals surface area contributed by atoms with Gasteiger partial charge in [-0.1, -0.05) is 19.3 Å². The Morgan fingerprint density at radius 3 is 2.21 bits per heavy atom. The Kier molecular flexibility index (Phi) is 5.36. The number of piperidine rings is 1. The summed E-state index contributed by atoms with van der Waals surface area (Å²) in [4.78, 5) is 0. The fourth-order valence-electron chi connectivity index (χ4n) is 3.73. The van der Waals surface area contributed by atoms with Gasteiger partial charge in [-0.3, -0.25) is 0 Å². The standard InChI is InChI=1S/C16H25NO5S2/c18-23(19,13-14-5-4-12-22-14)15-8-10-17(11-9-15)24(20,21)16-6-2-1-3-7-16/h4-5,12,15-16H,1-3,6-11,13H2. The molecule has 1 aliphatic carbocycles. The Balaban J connectivity index is 1.61. The summed E-state index contributed by atoms with van der Waals surface area (Å²) >= 11 is 0. The fourth-order valence-corrected chi connectivity index (χ4v) is 7.53. The largest absolute Gasteiger partial charge is 0.468 e. The van der Waals surface area contributed by atoms with Crippen LogP contribution in [0, 0.1) is 0 Å². The summed E-state index contributed by atoms with van der Waals surface area (Å²) in [5.41, 5.74) is 0. The van der Waals surface area contributed by atoms with E-state index >= 15 is 0 Å². The van der Waals surface area contributed by atoms with Crippen LogP contribution < -0.4 is 0 Å². The van der Waals surface area contributed by atoms with Gasteiger partial charge in [-0.2, -0.15) is 0 Å². The van der Waals surface area contributed by atoms with Crippen molar-refractivity contribution in [1.29, 1.82) is 0 Å². The van der Waals surface area contributed by atoms with Crippen LogP contribution >= 0.6 is 0 Å². The lowest BCUT2D eigenvalue weighted by molar-refractivity contribution is 0.334. The first-order chi connectivity index (χ1) is 11.4. The summed E-state index contributed by atoms with van der Waals surface area (Å²) < 4.78 is 57.0. The summed E-state index contributed by atoms with van der Waals surface area (Å²) in [5, 5.41) is -0.761. The Morgan fingerprint density at radius 1 is 0.958 bits per heavy atom. The molecule has 1 saturated carbocycles. The van der Waals surface area contributed by atoms with Crippen molar-refractivity contribution in [2.75, 3.05) is 13.1 Å². The maximum absolute atomic E-state index is 12.7. The van der Waals surface area contributed by atoms with Crippen LogP contribution in [0.4, 0.5) is 0 Å². The molecule has 6 nitrogen and oxygen atoms in total. The van der Waals surface area contributed by atoms with Crippen molar-refractivity contribution >= 4 is 19.9 Å². The van der Waals surface area contributed by atoms with E-state index in [9.17, 15) is 16.8 Å². The Morgan fingerprint density at radius 2 is 1.62 bits per heavy atom. The molecule has 8 heteroatoms. The first-order valence-corrected chi connectivity index (χ1v) is 11.8. The molecule has 0 atom stereocenters. The molecule has 2 heterocycles. The van der Waals surface area contributed by atoms with Crippen LogP contribution in [0.25, 0.3) is 0 Å². The van der Waals surface area contributed by atoms with Crippen molar-refractivity contribution in [3.05, 3.63) is 24.2 Å². The van der Waals surface area contributed by atoms with E-state index in [1.54, 1.807) is 12.1 Å². The zero-order valence-corrected chi connectivity index (χ0v) is 15.4. The van der Waals surface area contributed by atoms with Crippen LogP contribution in [-0.4, -0.2) is 44.7 Å². The number of sulfone groups is 1. The van der Waals surface area contributed by atoms with Gasteiger partial charge >= 0.3 is 0 Å². The molecule has 0 N–H and O–H groups in total. The summed E-state index contributed by atoms with van der Waals surface area (Å²) in [6.07, 6.45) is 6.72. The molecule has 2 fully saturated rings. The van der Waals surface area contributed by atoms with Crippen LogP contribution in [0.3, 0.4) is 0 Å². The van der Waals surface area contributed by atoms with E-state index < -0.39 is 25.1 Å². The van der Waals surface area contributed by atoms with Crippen molar-refractivity contribution in [3.8, 4) is 0 Å². The molecule has 1 aromatic heterocycles.